The Morgan fingerprint density at radius 1 is 1.33 bits per heavy atom. The molecule has 2 N–H and O–H groups in total. The van der Waals surface area contributed by atoms with Gasteiger partial charge in [0, 0.05) is 28.1 Å². The number of ether oxygens (including phenoxy) is 1. The number of nitrogens with one attached hydrogen (secondary N) is 2. The van der Waals surface area contributed by atoms with E-state index in [1.165, 1.54) is 11.8 Å². The zero-order valence-corrected chi connectivity index (χ0v) is 14.4. The number of carbonyl (C=O) groups excluding carboxylic acids is 2. The molecule has 0 aromatic heterocycles. The van der Waals surface area contributed by atoms with Crippen molar-refractivity contribution in [2.75, 3.05) is 17.7 Å². The second kappa shape index (κ2) is 7.15. The molecule has 7 heteroatoms. The lowest BCUT2D eigenvalue weighted by Crippen LogP contribution is -2.32. The minimum atomic E-state index is -0.482. The molecule has 0 saturated carbocycles. The number of amides is 2. The molecule has 124 valence electrons. The van der Waals surface area contributed by atoms with Gasteiger partial charge in [-0.05, 0) is 30.3 Å². The van der Waals surface area contributed by atoms with E-state index in [1.54, 1.807) is 43.5 Å². The van der Waals surface area contributed by atoms with Gasteiger partial charge >= 0.3 is 0 Å². The van der Waals surface area contributed by atoms with Crippen LogP contribution in [0.4, 0.5) is 11.4 Å². The van der Waals surface area contributed by atoms with Gasteiger partial charge in [-0.25, -0.2) is 0 Å². The fourth-order valence-electron chi connectivity index (χ4n) is 2.34. The molecule has 1 aliphatic heterocycles. The lowest BCUT2D eigenvalue weighted by Gasteiger charge is -2.23. The Morgan fingerprint density at radius 2 is 2.17 bits per heavy atom. The average Bonchev–Trinajstić information content (AvgIpc) is 2.56. The topological polar surface area (TPSA) is 67.4 Å². The normalized spacial score (nSPS) is 16.1. The zero-order valence-electron chi connectivity index (χ0n) is 12.8. The number of benzene rings is 2. The number of anilines is 2. The van der Waals surface area contributed by atoms with Crippen LogP contribution in [0.2, 0.25) is 5.02 Å². The van der Waals surface area contributed by atoms with Crippen molar-refractivity contribution in [1.82, 2.24) is 0 Å². The number of carbonyl (C=O) groups is 2. The number of hydrogen-bond acceptors (Lipinski definition) is 4. The third-order valence-corrected chi connectivity index (χ3v) is 5.00. The molecule has 1 unspecified atom stereocenters. The second-order valence-electron chi connectivity index (χ2n) is 5.22. The molecule has 2 amide bonds. The molecule has 0 fully saturated rings. The molecule has 0 saturated heterocycles. The minimum absolute atomic E-state index is 0.0791. The maximum atomic E-state index is 12.2. The fraction of sp³-hybridized carbons (Fsp3) is 0.176. The molecule has 2 aromatic rings. The first-order valence-electron chi connectivity index (χ1n) is 7.26. The smallest absolute Gasteiger partial charge is 0.238 e. The zero-order chi connectivity index (χ0) is 17.1. The number of halogens is 1. The number of hydrogen-bond donors (Lipinski definition) is 2. The number of fused-ring (bicyclic) bond motifs is 1. The highest BCUT2D eigenvalue weighted by Crippen LogP contribution is 2.38. The molecule has 0 aliphatic carbocycles. The van der Waals surface area contributed by atoms with Crippen LogP contribution in [0.25, 0.3) is 0 Å². The van der Waals surface area contributed by atoms with Gasteiger partial charge in [-0.15, -0.1) is 11.8 Å². The van der Waals surface area contributed by atoms with Gasteiger partial charge in [0.1, 0.15) is 5.75 Å². The largest absolute Gasteiger partial charge is 0.497 e. The Bertz CT molecular complexity index is 797. The SMILES string of the molecule is COc1cccc(NC(=O)CC2Sc3ccc(Cl)cc3NC2=O)c1. The van der Waals surface area contributed by atoms with Crippen LogP contribution in [0, 0.1) is 0 Å². The summed E-state index contributed by atoms with van der Waals surface area (Å²) in [5.74, 6) is 0.229. The third kappa shape index (κ3) is 3.83. The monoisotopic (exact) mass is 362 g/mol. The van der Waals surface area contributed by atoms with Crippen LogP contribution in [0.1, 0.15) is 6.42 Å². The van der Waals surface area contributed by atoms with Gasteiger partial charge in [-0.3, -0.25) is 9.59 Å². The van der Waals surface area contributed by atoms with Crippen molar-refractivity contribution in [1.29, 1.82) is 0 Å². The van der Waals surface area contributed by atoms with Crippen molar-refractivity contribution >= 4 is 46.6 Å². The quantitative estimate of drug-likeness (QED) is 0.868. The van der Waals surface area contributed by atoms with Crippen molar-refractivity contribution in [3.05, 3.63) is 47.5 Å². The van der Waals surface area contributed by atoms with E-state index >= 15 is 0 Å². The van der Waals surface area contributed by atoms with Crippen LogP contribution < -0.4 is 15.4 Å². The van der Waals surface area contributed by atoms with Crippen LogP contribution in [0.15, 0.2) is 47.4 Å². The molecule has 24 heavy (non-hydrogen) atoms. The van der Waals surface area contributed by atoms with Crippen molar-refractivity contribution in [3.8, 4) is 5.75 Å². The summed E-state index contributed by atoms with van der Waals surface area (Å²) >= 11 is 7.29. The van der Waals surface area contributed by atoms with E-state index in [2.05, 4.69) is 10.6 Å². The molecule has 5 nitrogen and oxygen atoms in total. The third-order valence-electron chi connectivity index (χ3n) is 3.49. The maximum Gasteiger partial charge on any atom is 0.238 e. The Labute approximate surface area is 148 Å². The lowest BCUT2D eigenvalue weighted by molar-refractivity contribution is -0.120. The molecule has 0 spiro atoms. The molecular formula is C17H15ClN2O3S. The molecule has 3 rings (SSSR count). The Balaban J connectivity index is 1.66. The average molecular weight is 363 g/mol. The van der Waals surface area contributed by atoms with Crippen molar-refractivity contribution in [3.63, 3.8) is 0 Å². The molecule has 2 aromatic carbocycles. The molecule has 1 heterocycles. The summed E-state index contributed by atoms with van der Waals surface area (Å²) in [6.07, 6.45) is 0.0791. The Kier molecular flexibility index (Phi) is 4.97. The number of methoxy groups -OCH3 is 1. The van der Waals surface area contributed by atoms with Gasteiger partial charge in [0.25, 0.3) is 0 Å². The van der Waals surface area contributed by atoms with E-state index in [9.17, 15) is 9.59 Å². The molecular weight excluding hydrogens is 348 g/mol. The summed E-state index contributed by atoms with van der Waals surface area (Å²) in [7, 11) is 1.56. The van der Waals surface area contributed by atoms with Gasteiger partial charge in [-0.2, -0.15) is 0 Å². The molecule has 1 aliphatic rings. The Hall–Kier alpha value is -2.18. The van der Waals surface area contributed by atoms with Gasteiger partial charge in [0.2, 0.25) is 11.8 Å². The Morgan fingerprint density at radius 3 is 2.96 bits per heavy atom. The summed E-state index contributed by atoms with van der Waals surface area (Å²) in [4.78, 5) is 25.3. The van der Waals surface area contributed by atoms with E-state index in [-0.39, 0.29) is 18.2 Å². The predicted octanol–water partition coefficient (Wildman–Crippen LogP) is 3.79. The van der Waals surface area contributed by atoms with E-state index in [4.69, 9.17) is 16.3 Å². The van der Waals surface area contributed by atoms with Crippen molar-refractivity contribution in [2.24, 2.45) is 0 Å². The van der Waals surface area contributed by atoms with Gasteiger partial charge in [0.15, 0.2) is 0 Å². The van der Waals surface area contributed by atoms with Crippen LogP contribution in [-0.2, 0) is 9.59 Å². The second-order valence-corrected chi connectivity index (χ2v) is 6.90. The number of thioether (sulfide) groups is 1. The minimum Gasteiger partial charge on any atom is -0.497 e. The highest BCUT2D eigenvalue weighted by Gasteiger charge is 2.29. The first-order valence-corrected chi connectivity index (χ1v) is 8.52. The van der Waals surface area contributed by atoms with Crippen LogP contribution in [-0.4, -0.2) is 24.2 Å². The standard InChI is InChI=1S/C17H15ClN2O3S/c1-23-12-4-2-3-11(8-12)19-16(21)9-15-17(22)20-13-7-10(18)5-6-14(13)24-15/h2-8,15H,9H2,1H3,(H,19,21)(H,20,22). The summed E-state index contributed by atoms with van der Waals surface area (Å²) in [6, 6.07) is 12.4. The summed E-state index contributed by atoms with van der Waals surface area (Å²) < 4.78 is 5.12. The van der Waals surface area contributed by atoms with Gasteiger partial charge < -0.3 is 15.4 Å². The van der Waals surface area contributed by atoms with E-state index in [1.807, 2.05) is 6.07 Å². The molecule has 1 atom stereocenters. The highest BCUT2D eigenvalue weighted by atomic mass is 35.5. The van der Waals surface area contributed by atoms with Crippen molar-refractivity contribution in [2.45, 2.75) is 16.6 Å². The lowest BCUT2D eigenvalue weighted by atomic mass is 10.2. The highest BCUT2D eigenvalue weighted by molar-refractivity contribution is 8.01. The van der Waals surface area contributed by atoms with Gasteiger partial charge in [-0.1, -0.05) is 17.7 Å². The molecule has 0 bridgehead atoms. The summed E-state index contributed by atoms with van der Waals surface area (Å²) in [5, 5.41) is 5.66. The van der Waals surface area contributed by atoms with E-state index in [0.717, 1.165) is 4.90 Å². The van der Waals surface area contributed by atoms with Crippen LogP contribution in [0.3, 0.4) is 0 Å². The first-order chi connectivity index (χ1) is 11.5. The maximum absolute atomic E-state index is 12.2. The fourth-order valence-corrected chi connectivity index (χ4v) is 3.60. The van der Waals surface area contributed by atoms with E-state index in [0.29, 0.717) is 22.1 Å². The van der Waals surface area contributed by atoms with Gasteiger partial charge in [0.05, 0.1) is 18.0 Å². The summed E-state index contributed by atoms with van der Waals surface area (Å²) in [5.41, 5.74) is 1.31. The van der Waals surface area contributed by atoms with Crippen molar-refractivity contribution < 1.29 is 14.3 Å². The van der Waals surface area contributed by atoms with Crippen LogP contribution >= 0.6 is 23.4 Å². The summed E-state index contributed by atoms with van der Waals surface area (Å²) in [6.45, 7) is 0. The van der Waals surface area contributed by atoms with Crippen LogP contribution in [0.5, 0.6) is 5.75 Å². The first kappa shape index (κ1) is 16.7. The van der Waals surface area contributed by atoms with E-state index < -0.39 is 5.25 Å². The predicted molar refractivity (Wildman–Crippen MR) is 96.0 cm³/mol. The molecule has 0 radical (unpaired) electrons. The number of rotatable bonds is 4.